The van der Waals surface area contributed by atoms with Gasteiger partial charge >= 0.3 is 0 Å². The Bertz CT molecular complexity index is 685. The summed E-state index contributed by atoms with van der Waals surface area (Å²) < 4.78 is 0. The third kappa shape index (κ3) is 2.87. The third-order valence-corrected chi connectivity index (χ3v) is 3.65. The molecule has 0 spiro atoms. The van der Waals surface area contributed by atoms with Gasteiger partial charge in [-0.3, -0.25) is 4.79 Å². The van der Waals surface area contributed by atoms with Crippen molar-refractivity contribution in [2.45, 2.75) is 25.9 Å². The smallest absolute Gasteiger partial charge is 0.243 e. The molecule has 2 aromatic rings. The van der Waals surface area contributed by atoms with Crippen LogP contribution in [0, 0.1) is 6.92 Å². The number of hydrogen-bond donors (Lipinski definition) is 3. The summed E-state index contributed by atoms with van der Waals surface area (Å²) in [6, 6.07) is 11.0. The number of hydrogen-bond acceptors (Lipinski definition) is 4. The molecule has 5 nitrogen and oxygen atoms in total. The average molecular weight is 283 g/mol. The van der Waals surface area contributed by atoms with E-state index in [2.05, 4.69) is 21.7 Å². The number of nitrogens with one attached hydrogen (secondary N) is 2. The van der Waals surface area contributed by atoms with E-state index in [0.717, 1.165) is 5.69 Å². The van der Waals surface area contributed by atoms with Gasteiger partial charge in [-0.1, -0.05) is 24.3 Å². The largest absolute Gasteiger partial charge is 0.504 e. The van der Waals surface area contributed by atoms with E-state index >= 15 is 0 Å². The molecule has 0 aliphatic carbocycles. The average Bonchev–Trinajstić information content (AvgIpc) is 2.50. The highest BCUT2D eigenvalue weighted by atomic mass is 16.3. The van der Waals surface area contributed by atoms with Gasteiger partial charge in [0.05, 0.1) is 6.04 Å². The van der Waals surface area contributed by atoms with Crippen molar-refractivity contribution in [1.29, 1.82) is 0 Å². The summed E-state index contributed by atoms with van der Waals surface area (Å²) in [5, 5.41) is 15.6. The highest BCUT2D eigenvalue weighted by molar-refractivity contribution is 5.95. The molecule has 1 amide bonds. The van der Waals surface area contributed by atoms with Gasteiger partial charge in [0.1, 0.15) is 0 Å². The molecule has 1 aromatic carbocycles. The van der Waals surface area contributed by atoms with E-state index in [1.54, 1.807) is 6.07 Å². The topological polar surface area (TPSA) is 74.2 Å². The number of nitrogens with zero attached hydrogens (tertiary/aromatic N) is 1. The van der Waals surface area contributed by atoms with Crippen molar-refractivity contribution in [1.82, 2.24) is 10.3 Å². The van der Waals surface area contributed by atoms with Crippen LogP contribution in [-0.2, 0) is 17.8 Å². The van der Waals surface area contributed by atoms with Gasteiger partial charge in [0.15, 0.2) is 11.6 Å². The Morgan fingerprint density at radius 3 is 2.86 bits per heavy atom. The quantitative estimate of drug-likeness (QED) is 0.785. The number of fused-ring (bicyclic) bond motifs is 1. The zero-order valence-electron chi connectivity index (χ0n) is 11.8. The number of anilines is 1. The summed E-state index contributed by atoms with van der Waals surface area (Å²) >= 11 is 0. The molecule has 0 saturated carbocycles. The lowest BCUT2D eigenvalue weighted by atomic mass is 9.95. The molecule has 1 aliphatic rings. The molecule has 1 unspecified atom stereocenters. The van der Waals surface area contributed by atoms with Crippen LogP contribution in [0.2, 0.25) is 0 Å². The fraction of sp³-hybridized carbons (Fsp3) is 0.250. The van der Waals surface area contributed by atoms with Gasteiger partial charge in [-0.15, -0.1) is 0 Å². The molecule has 21 heavy (non-hydrogen) atoms. The molecule has 5 heteroatoms. The van der Waals surface area contributed by atoms with Crippen LogP contribution in [-0.4, -0.2) is 22.0 Å². The van der Waals surface area contributed by atoms with Crippen molar-refractivity contribution >= 4 is 11.7 Å². The highest BCUT2D eigenvalue weighted by Gasteiger charge is 2.24. The zero-order valence-corrected chi connectivity index (χ0v) is 11.8. The van der Waals surface area contributed by atoms with Crippen molar-refractivity contribution in [3.8, 4) is 5.75 Å². The van der Waals surface area contributed by atoms with Crippen LogP contribution in [0.1, 0.15) is 16.8 Å². The molecule has 0 bridgehead atoms. The third-order valence-electron chi connectivity index (χ3n) is 3.65. The molecule has 0 radical (unpaired) electrons. The molecule has 2 heterocycles. The van der Waals surface area contributed by atoms with Gasteiger partial charge in [-0.2, -0.15) is 0 Å². The summed E-state index contributed by atoms with van der Waals surface area (Å²) in [5.74, 6) is 0.00345. The van der Waals surface area contributed by atoms with E-state index in [0.29, 0.717) is 13.0 Å². The molecule has 108 valence electrons. The first-order valence-corrected chi connectivity index (χ1v) is 6.91. The number of rotatable bonds is 2. The van der Waals surface area contributed by atoms with Gasteiger partial charge in [0.2, 0.25) is 5.91 Å². The van der Waals surface area contributed by atoms with Crippen molar-refractivity contribution in [2.24, 2.45) is 0 Å². The number of amides is 1. The van der Waals surface area contributed by atoms with Gasteiger partial charge in [0.25, 0.3) is 0 Å². The lowest BCUT2D eigenvalue weighted by Gasteiger charge is -2.25. The maximum atomic E-state index is 12.3. The minimum Gasteiger partial charge on any atom is -0.504 e. The Balaban J connectivity index is 1.74. The number of carbonyl (C=O) groups excluding carboxylic acids is 1. The number of aromatic hydroxyl groups is 1. The number of aromatic nitrogens is 1. The molecule has 3 N–H and O–H groups in total. The van der Waals surface area contributed by atoms with Gasteiger partial charge in [-0.25, -0.2) is 4.98 Å². The van der Waals surface area contributed by atoms with E-state index in [-0.39, 0.29) is 23.5 Å². The molecule has 1 atom stereocenters. The fourth-order valence-electron chi connectivity index (χ4n) is 2.48. The van der Waals surface area contributed by atoms with Crippen molar-refractivity contribution in [3.05, 3.63) is 53.2 Å². The second-order valence-electron chi connectivity index (χ2n) is 5.22. The Labute approximate surface area is 123 Å². The Morgan fingerprint density at radius 1 is 1.29 bits per heavy atom. The maximum Gasteiger partial charge on any atom is 0.243 e. The van der Waals surface area contributed by atoms with Gasteiger partial charge < -0.3 is 15.7 Å². The van der Waals surface area contributed by atoms with Gasteiger partial charge in [0, 0.05) is 12.2 Å². The molecular formula is C16H17N3O2. The first kappa shape index (κ1) is 13.6. The van der Waals surface area contributed by atoms with E-state index in [1.807, 2.05) is 25.1 Å². The number of pyridine rings is 1. The molecule has 1 aromatic heterocycles. The van der Waals surface area contributed by atoms with Crippen LogP contribution in [0.15, 0.2) is 36.4 Å². The second kappa shape index (κ2) is 5.54. The first-order valence-electron chi connectivity index (χ1n) is 6.91. The van der Waals surface area contributed by atoms with Crippen LogP contribution in [0.25, 0.3) is 0 Å². The molecule has 0 fully saturated rings. The lowest BCUT2D eigenvalue weighted by Crippen LogP contribution is -2.44. The summed E-state index contributed by atoms with van der Waals surface area (Å²) in [4.78, 5) is 16.5. The Kier molecular flexibility index (Phi) is 3.58. The second-order valence-corrected chi connectivity index (χ2v) is 5.22. The van der Waals surface area contributed by atoms with E-state index < -0.39 is 0 Å². The minimum absolute atomic E-state index is 0.0230. The molecule has 1 aliphatic heterocycles. The van der Waals surface area contributed by atoms with Crippen LogP contribution in [0.4, 0.5) is 5.82 Å². The van der Waals surface area contributed by atoms with Crippen LogP contribution >= 0.6 is 0 Å². The van der Waals surface area contributed by atoms with Crippen molar-refractivity contribution in [3.63, 3.8) is 0 Å². The van der Waals surface area contributed by atoms with Crippen molar-refractivity contribution < 1.29 is 9.90 Å². The monoisotopic (exact) mass is 283 g/mol. The first-order chi connectivity index (χ1) is 10.1. The highest BCUT2D eigenvalue weighted by Crippen LogP contribution is 2.22. The number of aryl methyl sites for hydroxylation is 1. The molecular weight excluding hydrogens is 266 g/mol. The van der Waals surface area contributed by atoms with Crippen LogP contribution in [0.5, 0.6) is 5.75 Å². The predicted octanol–water partition coefficient (Wildman–Crippen LogP) is 1.75. The van der Waals surface area contributed by atoms with Gasteiger partial charge in [-0.05, 0) is 36.6 Å². The predicted molar refractivity (Wildman–Crippen MR) is 80.0 cm³/mol. The maximum absolute atomic E-state index is 12.3. The Morgan fingerprint density at radius 2 is 2.05 bits per heavy atom. The molecule has 3 rings (SSSR count). The number of benzene rings is 1. The zero-order chi connectivity index (χ0) is 14.8. The summed E-state index contributed by atoms with van der Waals surface area (Å²) in [5.41, 5.74) is 3.14. The normalized spacial score (nSPS) is 17.1. The van der Waals surface area contributed by atoms with Crippen molar-refractivity contribution in [2.75, 3.05) is 5.32 Å². The summed E-state index contributed by atoms with van der Waals surface area (Å²) in [6.45, 7) is 2.48. The van der Waals surface area contributed by atoms with E-state index in [1.165, 1.54) is 17.2 Å². The fourth-order valence-corrected chi connectivity index (χ4v) is 2.48. The summed E-state index contributed by atoms with van der Waals surface area (Å²) in [7, 11) is 0. The summed E-state index contributed by atoms with van der Waals surface area (Å²) in [6.07, 6.45) is 0.634. The minimum atomic E-state index is -0.318. The Hall–Kier alpha value is -2.40. The lowest BCUT2D eigenvalue weighted by molar-refractivity contribution is -0.118. The van der Waals surface area contributed by atoms with Crippen LogP contribution in [0.3, 0.4) is 0 Å². The van der Waals surface area contributed by atoms with Crippen LogP contribution < -0.4 is 10.6 Å². The van der Waals surface area contributed by atoms with E-state index in [9.17, 15) is 9.90 Å². The SMILES string of the molecule is Cc1ccc(O)c(NC(=O)C2Cc3ccccc3CN2)n1. The standard InChI is InChI=1S/C16H17N3O2/c1-10-6-7-14(20)15(18-10)19-16(21)13-8-11-4-2-3-5-12(11)9-17-13/h2-7,13,17,20H,8-9H2,1H3,(H,18,19,21). The number of carbonyl (C=O) groups is 1. The van der Waals surface area contributed by atoms with E-state index in [4.69, 9.17) is 0 Å². The molecule has 0 saturated heterocycles.